The van der Waals surface area contributed by atoms with Gasteiger partial charge < -0.3 is 15.0 Å². The smallest absolute Gasteiger partial charge is 0.337 e. The monoisotopic (exact) mass is 351 g/mol. The zero-order chi connectivity index (χ0) is 16.4. The molecule has 3 rings (SSSR count). The number of halogens is 1. The summed E-state index contributed by atoms with van der Waals surface area (Å²) < 4.78 is 10.1. The number of nitrogens with two attached hydrogens (primary N) is 1. The number of ether oxygens (including phenoxy) is 1. The second-order valence-corrected chi connectivity index (χ2v) is 6.33. The number of benzene rings is 1. The summed E-state index contributed by atoms with van der Waals surface area (Å²) in [5.74, 6) is 0.831. The molecule has 1 aromatic carbocycles. The van der Waals surface area contributed by atoms with Crippen molar-refractivity contribution in [3.05, 3.63) is 35.7 Å². The number of nitrogens with zero attached hydrogens (tertiary/aromatic N) is 2. The first kappa shape index (κ1) is 18.4. The fourth-order valence-electron chi connectivity index (χ4n) is 3.13. The van der Waals surface area contributed by atoms with Crippen molar-refractivity contribution in [2.24, 2.45) is 5.73 Å². The molecule has 1 saturated carbocycles. The average Bonchev–Trinajstić information content (AvgIpc) is 3.03. The molecule has 1 aliphatic rings. The van der Waals surface area contributed by atoms with Gasteiger partial charge in [-0.05, 0) is 31.9 Å². The number of aromatic nitrogens is 2. The normalized spacial score (nSPS) is 23.4. The molecule has 0 radical (unpaired) electrons. The van der Waals surface area contributed by atoms with E-state index in [1.54, 1.807) is 24.3 Å². The summed E-state index contributed by atoms with van der Waals surface area (Å²) in [6.45, 7) is 2.05. The number of hydrogen-bond acceptors (Lipinski definition) is 6. The number of esters is 1. The molecule has 24 heavy (non-hydrogen) atoms. The molecule has 2 atom stereocenters. The molecule has 1 aromatic heterocycles. The lowest BCUT2D eigenvalue weighted by molar-refractivity contribution is 0.0601. The van der Waals surface area contributed by atoms with Gasteiger partial charge in [-0.1, -0.05) is 30.1 Å². The Bertz CT molecular complexity index is 697. The van der Waals surface area contributed by atoms with Crippen molar-refractivity contribution < 1.29 is 14.1 Å². The second-order valence-electron chi connectivity index (χ2n) is 6.33. The number of hydrogen-bond donors (Lipinski definition) is 1. The molecular weight excluding hydrogens is 330 g/mol. The van der Waals surface area contributed by atoms with E-state index < -0.39 is 0 Å². The van der Waals surface area contributed by atoms with Gasteiger partial charge in [0.05, 0.1) is 18.6 Å². The van der Waals surface area contributed by atoms with Crippen molar-refractivity contribution in [3.8, 4) is 11.4 Å². The molecule has 0 bridgehead atoms. The van der Waals surface area contributed by atoms with E-state index in [9.17, 15) is 4.79 Å². The van der Waals surface area contributed by atoms with E-state index in [4.69, 9.17) is 10.3 Å². The van der Waals surface area contributed by atoms with Crippen LogP contribution in [0.4, 0.5) is 0 Å². The third-order valence-electron chi connectivity index (χ3n) is 4.56. The first-order chi connectivity index (χ1) is 11.0. The molecule has 0 spiro atoms. The van der Waals surface area contributed by atoms with Crippen LogP contribution < -0.4 is 5.73 Å². The van der Waals surface area contributed by atoms with E-state index in [1.807, 2.05) is 6.92 Å². The molecule has 130 valence electrons. The van der Waals surface area contributed by atoms with Gasteiger partial charge in [0.25, 0.3) is 0 Å². The summed E-state index contributed by atoms with van der Waals surface area (Å²) in [5, 5.41) is 4.06. The van der Waals surface area contributed by atoms with Crippen LogP contribution in [0.1, 0.15) is 54.8 Å². The Morgan fingerprint density at radius 2 is 2.04 bits per heavy atom. The van der Waals surface area contributed by atoms with Crippen LogP contribution in [0.2, 0.25) is 0 Å². The Labute approximate surface area is 147 Å². The largest absolute Gasteiger partial charge is 0.465 e. The summed E-state index contributed by atoms with van der Waals surface area (Å²) in [6, 6.07) is 6.93. The molecule has 1 heterocycles. The average molecular weight is 352 g/mol. The highest BCUT2D eigenvalue weighted by Gasteiger charge is 2.37. The fourth-order valence-corrected chi connectivity index (χ4v) is 3.13. The van der Waals surface area contributed by atoms with Gasteiger partial charge in [-0.3, -0.25) is 0 Å². The zero-order valence-corrected chi connectivity index (χ0v) is 14.6. The number of methoxy groups -OCH3 is 1. The minimum absolute atomic E-state index is 0. The first-order valence-corrected chi connectivity index (χ1v) is 7.82. The Kier molecular flexibility index (Phi) is 5.62. The van der Waals surface area contributed by atoms with Crippen LogP contribution in [-0.4, -0.2) is 28.8 Å². The topological polar surface area (TPSA) is 91.2 Å². The van der Waals surface area contributed by atoms with Crippen LogP contribution in [0.3, 0.4) is 0 Å². The molecule has 2 aromatic rings. The van der Waals surface area contributed by atoms with Crippen LogP contribution in [0, 0.1) is 0 Å². The molecule has 0 amide bonds. The van der Waals surface area contributed by atoms with Gasteiger partial charge in [-0.25, -0.2) is 4.79 Å². The number of rotatable bonds is 3. The third kappa shape index (κ3) is 3.60. The van der Waals surface area contributed by atoms with Crippen molar-refractivity contribution in [2.45, 2.75) is 44.1 Å². The number of carbonyl (C=O) groups is 1. The van der Waals surface area contributed by atoms with Crippen molar-refractivity contribution in [1.82, 2.24) is 10.1 Å². The first-order valence-electron chi connectivity index (χ1n) is 7.82. The lowest BCUT2D eigenvalue weighted by atomic mass is 9.74. The van der Waals surface area contributed by atoms with Crippen molar-refractivity contribution in [1.29, 1.82) is 0 Å². The Hall–Kier alpha value is -1.92. The molecule has 1 fully saturated rings. The fraction of sp³-hybridized carbons (Fsp3) is 0.471. The highest BCUT2D eigenvalue weighted by atomic mass is 35.5. The standard InChI is InChI=1S/C17H21N3O3.ClH/c1-17(18)10-4-3-5-13(17)15-19-14(20-23-15)11-6-8-12(9-7-11)16(21)22-2;/h6-9,13H,3-5,10,18H2,1-2H3;1H. The third-order valence-corrected chi connectivity index (χ3v) is 4.56. The summed E-state index contributed by atoms with van der Waals surface area (Å²) in [7, 11) is 1.36. The lowest BCUT2D eigenvalue weighted by Crippen LogP contribution is -2.44. The van der Waals surface area contributed by atoms with Crippen molar-refractivity contribution in [3.63, 3.8) is 0 Å². The molecule has 6 nitrogen and oxygen atoms in total. The van der Waals surface area contributed by atoms with Crippen molar-refractivity contribution >= 4 is 18.4 Å². The van der Waals surface area contributed by atoms with Gasteiger partial charge >= 0.3 is 5.97 Å². The van der Waals surface area contributed by atoms with Gasteiger partial charge in [0, 0.05) is 11.1 Å². The van der Waals surface area contributed by atoms with E-state index in [2.05, 4.69) is 14.9 Å². The van der Waals surface area contributed by atoms with Gasteiger partial charge in [0.1, 0.15) is 0 Å². The van der Waals surface area contributed by atoms with E-state index in [0.717, 1.165) is 31.2 Å². The highest BCUT2D eigenvalue weighted by Crippen LogP contribution is 2.38. The SMILES string of the molecule is COC(=O)c1ccc(-c2noc(C3CCCCC3(C)N)n2)cc1.Cl. The lowest BCUT2D eigenvalue weighted by Gasteiger charge is -2.35. The van der Waals surface area contributed by atoms with E-state index in [-0.39, 0.29) is 29.8 Å². The summed E-state index contributed by atoms with van der Waals surface area (Å²) >= 11 is 0. The molecule has 2 unspecified atom stereocenters. The predicted octanol–water partition coefficient (Wildman–Crippen LogP) is 3.32. The van der Waals surface area contributed by atoms with Crippen LogP contribution in [0.25, 0.3) is 11.4 Å². The maximum absolute atomic E-state index is 11.5. The quantitative estimate of drug-likeness (QED) is 0.853. The Morgan fingerprint density at radius 1 is 1.33 bits per heavy atom. The molecule has 0 saturated heterocycles. The van der Waals surface area contributed by atoms with Gasteiger partial charge in [0.15, 0.2) is 0 Å². The predicted molar refractivity (Wildman–Crippen MR) is 92.1 cm³/mol. The minimum Gasteiger partial charge on any atom is -0.465 e. The highest BCUT2D eigenvalue weighted by molar-refractivity contribution is 5.89. The van der Waals surface area contributed by atoms with E-state index >= 15 is 0 Å². The summed E-state index contributed by atoms with van der Waals surface area (Å²) in [4.78, 5) is 16.0. The second kappa shape index (κ2) is 7.32. The summed E-state index contributed by atoms with van der Waals surface area (Å²) in [6.07, 6.45) is 4.20. The molecular formula is C17H22ClN3O3. The van der Waals surface area contributed by atoms with Gasteiger partial charge in [-0.2, -0.15) is 4.98 Å². The van der Waals surface area contributed by atoms with E-state index in [1.165, 1.54) is 7.11 Å². The van der Waals surface area contributed by atoms with Crippen LogP contribution in [-0.2, 0) is 4.74 Å². The Balaban J connectivity index is 0.00000208. The van der Waals surface area contributed by atoms with Crippen molar-refractivity contribution in [2.75, 3.05) is 7.11 Å². The van der Waals surface area contributed by atoms with Crippen LogP contribution in [0.5, 0.6) is 0 Å². The molecule has 0 aliphatic heterocycles. The maximum Gasteiger partial charge on any atom is 0.337 e. The number of carbonyl (C=O) groups excluding carboxylic acids is 1. The van der Waals surface area contributed by atoms with E-state index in [0.29, 0.717) is 17.3 Å². The molecule has 7 heteroatoms. The van der Waals surface area contributed by atoms with Gasteiger partial charge in [-0.15, -0.1) is 12.4 Å². The van der Waals surface area contributed by atoms with Crippen LogP contribution in [0.15, 0.2) is 28.8 Å². The zero-order valence-electron chi connectivity index (χ0n) is 13.8. The van der Waals surface area contributed by atoms with Crippen LogP contribution >= 0.6 is 12.4 Å². The maximum atomic E-state index is 11.5. The Morgan fingerprint density at radius 3 is 2.67 bits per heavy atom. The molecule has 1 aliphatic carbocycles. The molecule has 2 N–H and O–H groups in total. The van der Waals surface area contributed by atoms with Gasteiger partial charge in [0.2, 0.25) is 11.7 Å². The summed E-state index contributed by atoms with van der Waals surface area (Å²) in [5.41, 5.74) is 7.36. The minimum atomic E-state index is -0.369.